The highest BCUT2D eigenvalue weighted by atomic mass is 15.2. The Balaban J connectivity index is 1.75. The van der Waals surface area contributed by atoms with Gasteiger partial charge in [0.1, 0.15) is 0 Å². The van der Waals surface area contributed by atoms with Gasteiger partial charge in [0.15, 0.2) is 0 Å². The first-order valence-electron chi connectivity index (χ1n) is 8.77. The van der Waals surface area contributed by atoms with Crippen LogP contribution >= 0.6 is 0 Å². The molecule has 1 saturated carbocycles. The van der Waals surface area contributed by atoms with Gasteiger partial charge in [0, 0.05) is 19.1 Å². The van der Waals surface area contributed by atoms with E-state index in [-0.39, 0.29) is 0 Å². The molecule has 0 spiro atoms. The van der Waals surface area contributed by atoms with Crippen molar-refractivity contribution in [2.75, 3.05) is 26.2 Å². The molecule has 2 heteroatoms. The smallest absolute Gasteiger partial charge is 0.0198 e. The molecule has 0 aromatic heterocycles. The maximum absolute atomic E-state index is 3.88. The summed E-state index contributed by atoms with van der Waals surface area (Å²) in [5.74, 6) is 1.94. The zero-order chi connectivity index (χ0) is 13.5. The van der Waals surface area contributed by atoms with Crippen LogP contribution in [0.3, 0.4) is 0 Å². The number of likely N-dealkylation sites (tertiary alicyclic amines) is 1. The number of hydrogen-bond acceptors (Lipinski definition) is 2. The van der Waals surface area contributed by atoms with Gasteiger partial charge < -0.3 is 10.2 Å². The molecular formula is C17H34N2. The molecule has 1 heterocycles. The van der Waals surface area contributed by atoms with Gasteiger partial charge in [-0.25, -0.2) is 0 Å². The highest BCUT2D eigenvalue weighted by Gasteiger charge is 2.27. The molecule has 0 aromatic rings. The van der Waals surface area contributed by atoms with E-state index < -0.39 is 0 Å². The van der Waals surface area contributed by atoms with Crippen molar-refractivity contribution in [1.82, 2.24) is 10.2 Å². The van der Waals surface area contributed by atoms with E-state index in [1.54, 1.807) is 0 Å². The number of nitrogens with zero attached hydrogens (tertiary/aromatic N) is 1. The lowest BCUT2D eigenvalue weighted by molar-refractivity contribution is 0.128. The fourth-order valence-corrected chi connectivity index (χ4v) is 3.66. The van der Waals surface area contributed by atoms with Crippen molar-refractivity contribution >= 4 is 0 Å². The zero-order valence-electron chi connectivity index (χ0n) is 13.2. The minimum atomic E-state index is 0.766. The summed E-state index contributed by atoms with van der Waals surface area (Å²) in [7, 11) is 0. The molecule has 2 atom stereocenters. The van der Waals surface area contributed by atoms with Crippen LogP contribution in [0.25, 0.3) is 0 Å². The van der Waals surface area contributed by atoms with Crippen LogP contribution in [0, 0.1) is 11.8 Å². The fourth-order valence-electron chi connectivity index (χ4n) is 3.66. The predicted molar refractivity (Wildman–Crippen MR) is 83.5 cm³/mol. The van der Waals surface area contributed by atoms with Gasteiger partial charge in [-0.15, -0.1) is 0 Å². The van der Waals surface area contributed by atoms with E-state index in [9.17, 15) is 0 Å². The van der Waals surface area contributed by atoms with E-state index in [2.05, 4.69) is 24.1 Å². The van der Waals surface area contributed by atoms with Crippen LogP contribution in [0.4, 0.5) is 0 Å². The summed E-state index contributed by atoms with van der Waals surface area (Å²) in [6.45, 7) is 9.90. The SMILES string of the molecule is CCCCN1CC(CCC)CC(NCC2CCC2)C1. The third-order valence-electron chi connectivity index (χ3n) is 5.06. The van der Waals surface area contributed by atoms with Crippen LogP contribution in [-0.2, 0) is 0 Å². The van der Waals surface area contributed by atoms with Crippen molar-refractivity contribution in [3.8, 4) is 0 Å². The lowest BCUT2D eigenvalue weighted by Crippen LogP contribution is -2.50. The van der Waals surface area contributed by atoms with Crippen LogP contribution in [0.1, 0.15) is 65.2 Å². The summed E-state index contributed by atoms with van der Waals surface area (Å²) in [5.41, 5.74) is 0. The van der Waals surface area contributed by atoms with E-state index in [4.69, 9.17) is 0 Å². The second kappa shape index (κ2) is 8.26. The van der Waals surface area contributed by atoms with Gasteiger partial charge in [-0.05, 0) is 57.0 Å². The Morgan fingerprint density at radius 2 is 1.89 bits per heavy atom. The molecule has 1 N–H and O–H groups in total. The Labute approximate surface area is 120 Å². The van der Waals surface area contributed by atoms with Gasteiger partial charge in [-0.2, -0.15) is 0 Å². The molecule has 112 valence electrons. The largest absolute Gasteiger partial charge is 0.312 e. The molecule has 1 aliphatic heterocycles. The number of rotatable bonds is 8. The van der Waals surface area contributed by atoms with Gasteiger partial charge in [-0.3, -0.25) is 0 Å². The Hall–Kier alpha value is -0.0800. The van der Waals surface area contributed by atoms with Gasteiger partial charge in [0.25, 0.3) is 0 Å². The Kier molecular flexibility index (Phi) is 6.66. The third-order valence-corrected chi connectivity index (χ3v) is 5.06. The van der Waals surface area contributed by atoms with Crippen LogP contribution in [0.2, 0.25) is 0 Å². The summed E-state index contributed by atoms with van der Waals surface area (Å²) >= 11 is 0. The summed E-state index contributed by atoms with van der Waals surface area (Å²) in [4.78, 5) is 2.73. The quantitative estimate of drug-likeness (QED) is 0.721. The minimum Gasteiger partial charge on any atom is -0.312 e. The third kappa shape index (κ3) is 5.07. The molecular weight excluding hydrogens is 232 g/mol. The first kappa shape index (κ1) is 15.3. The first-order valence-corrected chi connectivity index (χ1v) is 8.77. The molecule has 0 bridgehead atoms. The maximum Gasteiger partial charge on any atom is 0.0198 e. The van der Waals surface area contributed by atoms with Gasteiger partial charge >= 0.3 is 0 Å². The van der Waals surface area contributed by atoms with E-state index >= 15 is 0 Å². The molecule has 0 amide bonds. The Bertz CT molecular complexity index is 237. The normalized spacial score (nSPS) is 29.4. The highest BCUT2D eigenvalue weighted by Crippen LogP contribution is 2.26. The van der Waals surface area contributed by atoms with Crippen LogP contribution < -0.4 is 5.32 Å². The van der Waals surface area contributed by atoms with Gasteiger partial charge in [0.2, 0.25) is 0 Å². The summed E-state index contributed by atoms with van der Waals surface area (Å²) in [6, 6.07) is 0.766. The average molecular weight is 266 g/mol. The zero-order valence-corrected chi connectivity index (χ0v) is 13.2. The second-order valence-electron chi connectivity index (χ2n) is 6.91. The molecule has 2 fully saturated rings. The molecule has 2 unspecified atom stereocenters. The fraction of sp³-hybridized carbons (Fsp3) is 1.00. The number of nitrogens with one attached hydrogen (secondary N) is 1. The molecule has 2 aliphatic rings. The number of hydrogen-bond donors (Lipinski definition) is 1. The standard InChI is InChI=1S/C17H34N2/c1-3-5-10-19-13-16(7-4-2)11-17(14-19)18-12-15-8-6-9-15/h15-18H,3-14H2,1-2H3. The second-order valence-corrected chi connectivity index (χ2v) is 6.91. The van der Waals surface area contributed by atoms with Crippen molar-refractivity contribution in [2.24, 2.45) is 11.8 Å². The molecule has 19 heavy (non-hydrogen) atoms. The Morgan fingerprint density at radius 3 is 2.53 bits per heavy atom. The first-order chi connectivity index (χ1) is 9.31. The molecule has 0 radical (unpaired) electrons. The van der Waals surface area contributed by atoms with Crippen molar-refractivity contribution in [3.63, 3.8) is 0 Å². The van der Waals surface area contributed by atoms with Crippen molar-refractivity contribution in [3.05, 3.63) is 0 Å². The van der Waals surface area contributed by atoms with E-state index in [1.807, 2.05) is 0 Å². The molecule has 0 aromatic carbocycles. The van der Waals surface area contributed by atoms with E-state index in [0.29, 0.717) is 0 Å². The number of unbranched alkanes of at least 4 members (excludes halogenated alkanes) is 1. The minimum absolute atomic E-state index is 0.766. The Morgan fingerprint density at radius 1 is 1.05 bits per heavy atom. The molecule has 2 nitrogen and oxygen atoms in total. The molecule has 2 rings (SSSR count). The van der Waals surface area contributed by atoms with Crippen LogP contribution in [0.15, 0.2) is 0 Å². The van der Waals surface area contributed by atoms with Gasteiger partial charge in [-0.1, -0.05) is 33.1 Å². The van der Waals surface area contributed by atoms with Crippen LogP contribution in [0.5, 0.6) is 0 Å². The highest BCUT2D eigenvalue weighted by molar-refractivity contribution is 4.85. The van der Waals surface area contributed by atoms with E-state index in [0.717, 1.165) is 17.9 Å². The molecule has 1 aliphatic carbocycles. The summed E-state index contributed by atoms with van der Waals surface area (Å²) in [6.07, 6.45) is 11.3. The summed E-state index contributed by atoms with van der Waals surface area (Å²) < 4.78 is 0. The lowest BCUT2D eigenvalue weighted by Gasteiger charge is -2.39. The van der Waals surface area contributed by atoms with Crippen molar-refractivity contribution < 1.29 is 0 Å². The predicted octanol–water partition coefficient (Wildman–Crippen LogP) is 3.67. The molecule has 1 saturated heterocycles. The average Bonchev–Trinajstić information content (AvgIpc) is 2.35. The van der Waals surface area contributed by atoms with Crippen LogP contribution in [-0.4, -0.2) is 37.1 Å². The summed E-state index contributed by atoms with van der Waals surface area (Å²) in [5, 5.41) is 3.88. The maximum atomic E-state index is 3.88. The van der Waals surface area contributed by atoms with E-state index in [1.165, 1.54) is 77.5 Å². The van der Waals surface area contributed by atoms with Crippen molar-refractivity contribution in [1.29, 1.82) is 0 Å². The van der Waals surface area contributed by atoms with Gasteiger partial charge in [0.05, 0.1) is 0 Å². The lowest BCUT2D eigenvalue weighted by atomic mass is 9.84. The van der Waals surface area contributed by atoms with Crippen molar-refractivity contribution in [2.45, 2.75) is 71.3 Å². The topological polar surface area (TPSA) is 15.3 Å². The number of piperidine rings is 1. The monoisotopic (exact) mass is 266 g/mol.